The van der Waals surface area contributed by atoms with Crippen molar-refractivity contribution in [1.82, 2.24) is 4.90 Å². The molecule has 17 heavy (non-hydrogen) atoms. The number of hydrogen-bond donors (Lipinski definition) is 0. The van der Waals surface area contributed by atoms with Gasteiger partial charge in [-0.15, -0.1) is 0 Å². The molecular weight excluding hydrogens is 218 g/mol. The lowest BCUT2D eigenvalue weighted by atomic mass is 9.58. The minimum atomic E-state index is -0.210. The predicted molar refractivity (Wildman–Crippen MR) is 60.9 cm³/mol. The number of hydrogen-bond acceptors (Lipinski definition) is 3. The topological polar surface area (TPSA) is 46.6 Å². The van der Waals surface area contributed by atoms with Crippen molar-refractivity contribution in [2.45, 2.75) is 12.8 Å². The number of carbonyl (C=O) groups is 2. The number of likely N-dealkylation sites (tertiary alicyclic amines) is 1. The maximum absolute atomic E-state index is 12.1. The second kappa shape index (κ2) is 3.59. The summed E-state index contributed by atoms with van der Waals surface area (Å²) in [7, 11) is 3.30. The van der Waals surface area contributed by atoms with Crippen LogP contribution in [-0.2, 0) is 14.3 Å². The van der Waals surface area contributed by atoms with Gasteiger partial charge in [0.05, 0.1) is 7.11 Å². The van der Waals surface area contributed by atoms with Crippen LogP contribution in [0.5, 0.6) is 0 Å². The van der Waals surface area contributed by atoms with E-state index in [4.69, 9.17) is 4.74 Å². The molecule has 92 valence electrons. The maximum atomic E-state index is 12.1. The van der Waals surface area contributed by atoms with Gasteiger partial charge in [-0.2, -0.15) is 0 Å². The van der Waals surface area contributed by atoms with Gasteiger partial charge < -0.3 is 9.64 Å². The van der Waals surface area contributed by atoms with Crippen LogP contribution >= 0.6 is 0 Å². The highest BCUT2D eigenvalue weighted by atomic mass is 16.5. The molecule has 0 radical (unpaired) electrons. The van der Waals surface area contributed by atoms with E-state index in [-0.39, 0.29) is 29.6 Å². The summed E-state index contributed by atoms with van der Waals surface area (Å²) in [5, 5.41) is 0. The average Bonchev–Trinajstić information content (AvgIpc) is 2.35. The first-order valence-electron chi connectivity index (χ1n) is 6.16. The lowest BCUT2D eigenvalue weighted by Gasteiger charge is -2.50. The smallest absolute Gasteiger partial charge is 0.333 e. The van der Waals surface area contributed by atoms with Crippen molar-refractivity contribution in [3.8, 4) is 0 Å². The quantitative estimate of drug-likeness (QED) is 0.632. The van der Waals surface area contributed by atoms with Crippen LogP contribution in [0.2, 0.25) is 0 Å². The van der Waals surface area contributed by atoms with E-state index in [9.17, 15) is 9.59 Å². The van der Waals surface area contributed by atoms with Crippen molar-refractivity contribution in [3.63, 3.8) is 0 Å². The third kappa shape index (κ3) is 1.43. The Bertz CT molecular complexity index is 415. The highest BCUT2D eigenvalue weighted by Gasteiger charge is 2.50. The van der Waals surface area contributed by atoms with Gasteiger partial charge in [0.25, 0.3) is 0 Å². The van der Waals surface area contributed by atoms with Gasteiger partial charge in [0.1, 0.15) is 0 Å². The molecule has 0 aromatic rings. The first-order valence-corrected chi connectivity index (χ1v) is 6.16. The zero-order valence-electron chi connectivity index (χ0n) is 10.2. The molecule has 0 aromatic heterocycles. The van der Waals surface area contributed by atoms with Crippen LogP contribution in [-0.4, -0.2) is 37.5 Å². The van der Waals surface area contributed by atoms with Gasteiger partial charge in [-0.1, -0.05) is 6.08 Å². The fourth-order valence-electron chi connectivity index (χ4n) is 3.80. The second-order valence-corrected chi connectivity index (χ2v) is 5.44. The Kier molecular flexibility index (Phi) is 2.28. The SMILES string of the molecule is COC(=O)C1=CC2C3CC1CC2C(=O)N(C)C3. The van der Waals surface area contributed by atoms with E-state index in [2.05, 4.69) is 0 Å². The molecule has 0 N–H and O–H groups in total. The van der Waals surface area contributed by atoms with Gasteiger partial charge >= 0.3 is 5.97 Å². The van der Waals surface area contributed by atoms with Crippen molar-refractivity contribution in [2.75, 3.05) is 20.7 Å². The summed E-state index contributed by atoms with van der Waals surface area (Å²) in [4.78, 5) is 25.5. The van der Waals surface area contributed by atoms with Crippen LogP contribution in [0.4, 0.5) is 0 Å². The monoisotopic (exact) mass is 235 g/mol. The summed E-state index contributed by atoms with van der Waals surface area (Å²) in [5.41, 5.74) is 0.808. The van der Waals surface area contributed by atoms with Crippen molar-refractivity contribution in [1.29, 1.82) is 0 Å². The van der Waals surface area contributed by atoms with E-state index in [0.29, 0.717) is 5.92 Å². The highest BCUT2D eigenvalue weighted by molar-refractivity contribution is 5.91. The molecule has 2 fully saturated rings. The molecule has 4 atom stereocenters. The van der Waals surface area contributed by atoms with Crippen molar-refractivity contribution >= 4 is 11.9 Å². The van der Waals surface area contributed by atoms with Crippen LogP contribution < -0.4 is 0 Å². The number of allylic oxidation sites excluding steroid dienone is 1. The molecule has 1 amide bonds. The maximum Gasteiger partial charge on any atom is 0.333 e. The molecule has 4 heteroatoms. The number of methoxy groups -OCH3 is 1. The largest absolute Gasteiger partial charge is 0.466 e. The Balaban J connectivity index is 1.93. The van der Waals surface area contributed by atoms with Gasteiger partial charge in [-0.05, 0) is 30.6 Å². The van der Waals surface area contributed by atoms with E-state index in [1.54, 1.807) is 0 Å². The first kappa shape index (κ1) is 10.8. The third-order valence-corrected chi connectivity index (χ3v) is 4.57. The van der Waals surface area contributed by atoms with Gasteiger partial charge in [-0.3, -0.25) is 4.79 Å². The Labute approximate surface area is 101 Å². The number of rotatable bonds is 1. The minimum absolute atomic E-state index is 0.103. The lowest BCUT2D eigenvalue weighted by molar-refractivity contribution is -0.148. The number of piperidine rings is 1. The Morgan fingerprint density at radius 2 is 2.24 bits per heavy atom. The van der Waals surface area contributed by atoms with Gasteiger partial charge in [-0.25, -0.2) is 4.79 Å². The minimum Gasteiger partial charge on any atom is -0.466 e. The van der Waals surface area contributed by atoms with E-state index < -0.39 is 0 Å². The Hall–Kier alpha value is -1.32. The number of ether oxygens (including phenoxy) is 1. The summed E-state index contributed by atoms with van der Waals surface area (Å²) in [6, 6.07) is 0. The molecule has 1 saturated carbocycles. The molecule has 4 rings (SSSR count). The fraction of sp³-hybridized carbons (Fsp3) is 0.692. The van der Waals surface area contributed by atoms with Crippen molar-refractivity contribution in [2.24, 2.45) is 23.7 Å². The van der Waals surface area contributed by atoms with Crippen LogP contribution in [0.1, 0.15) is 12.8 Å². The van der Waals surface area contributed by atoms with Crippen LogP contribution in [0.3, 0.4) is 0 Å². The van der Waals surface area contributed by atoms with Gasteiger partial charge in [0, 0.05) is 25.1 Å². The molecule has 3 aliphatic carbocycles. The molecule has 4 nitrogen and oxygen atoms in total. The number of amides is 1. The van der Waals surface area contributed by atoms with Crippen molar-refractivity contribution in [3.05, 3.63) is 11.6 Å². The number of carbonyl (C=O) groups excluding carboxylic acids is 2. The van der Waals surface area contributed by atoms with E-state index >= 15 is 0 Å². The molecule has 0 spiro atoms. The molecule has 1 saturated heterocycles. The Morgan fingerprint density at radius 3 is 2.88 bits per heavy atom. The average molecular weight is 235 g/mol. The molecule has 4 bridgehead atoms. The summed E-state index contributed by atoms with van der Waals surface area (Å²) < 4.78 is 4.81. The van der Waals surface area contributed by atoms with Crippen LogP contribution in [0.15, 0.2) is 11.6 Å². The summed E-state index contributed by atoms with van der Waals surface area (Å²) >= 11 is 0. The zero-order valence-corrected chi connectivity index (χ0v) is 10.2. The molecular formula is C13H17NO3. The van der Waals surface area contributed by atoms with Crippen LogP contribution in [0, 0.1) is 23.7 Å². The lowest BCUT2D eigenvalue weighted by Crippen LogP contribution is -2.54. The van der Waals surface area contributed by atoms with Gasteiger partial charge in [0.15, 0.2) is 0 Å². The molecule has 0 aromatic carbocycles. The fourth-order valence-corrected chi connectivity index (χ4v) is 3.80. The summed E-state index contributed by atoms with van der Waals surface area (Å²) in [6.07, 6.45) is 3.87. The first-order chi connectivity index (χ1) is 8.11. The normalized spacial score (nSPS) is 39.1. The molecule has 4 aliphatic rings. The van der Waals surface area contributed by atoms with E-state index in [0.717, 1.165) is 25.0 Å². The molecule has 1 aliphatic heterocycles. The number of esters is 1. The van der Waals surface area contributed by atoms with Gasteiger partial charge in [0.2, 0.25) is 5.91 Å². The Morgan fingerprint density at radius 1 is 1.47 bits per heavy atom. The third-order valence-electron chi connectivity index (χ3n) is 4.57. The van der Waals surface area contributed by atoms with Crippen LogP contribution in [0.25, 0.3) is 0 Å². The molecule has 1 heterocycles. The summed E-state index contributed by atoms with van der Waals surface area (Å²) in [6.45, 7) is 0.835. The zero-order chi connectivity index (χ0) is 12.2. The molecule has 4 unspecified atom stereocenters. The predicted octanol–water partition coefficient (Wildman–Crippen LogP) is 0.830. The summed E-state index contributed by atoms with van der Waals surface area (Å²) in [5.74, 6) is 1.17. The van der Waals surface area contributed by atoms with E-state index in [1.807, 2.05) is 18.0 Å². The van der Waals surface area contributed by atoms with E-state index in [1.165, 1.54) is 7.11 Å². The standard InChI is InChI=1S/C13H17NO3/c1-14-6-8-3-7-4-11(12(14)15)9(8)5-10(7)13(16)17-2/h5,7-9,11H,3-4,6H2,1-2H3. The highest BCUT2D eigenvalue weighted by Crippen LogP contribution is 2.50. The van der Waals surface area contributed by atoms with Crippen molar-refractivity contribution < 1.29 is 14.3 Å². The second-order valence-electron chi connectivity index (χ2n) is 5.44. The number of nitrogens with zero attached hydrogens (tertiary/aromatic N) is 1.